The first-order valence-corrected chi connectivity index (χ1v) is 9.10. The number of amides is 1. The van der Waals surface area contributed by atoms with E-state index in [2.05, 4.69) is 20.8 Å². The van der Waals surface area contributed by atoms with Gasteiger partial charge in [0.1, 0.15) is 11.1 Å². The first kappa shape index (κ1) is 16.9. The summed E-state index contributed by atoms with van der Waals surface area (Å²) in [4.78, 5) is 12.8. The second-order valence-electron chi connectivity index (χ2n) is 6.47. The molecule has 0 fully saturated rings. The maximum Gasteiger partial charge on any atom is 0.228 e. The molecule has 1 amide bonds. The van der Waals surface area contributed by atoms with Crippen LogP contribution < -0.4 is 16.4 Å². The van der Waals surface area contributed by atoms with E-state index in [1.807, 2.05) is 32.0 Å². The Kier molecular flexibility index (Phi) is 4.10. The summed E-state index contributed by atoms with van der Waals surface area (Å²) in [7, 11) is 0. The largest absolute Gasteiger partial charge is 0.397 e. The number of benzene rings is 1. The highest BCUT2D eigenvalue weighted by molar-refractivity contribution is 7.19. The van der Waals surface area contributed by atoms with Gasteiger partial charge >= 0.3 is 0 Å². The van der Waals surface area contributed by atoms with E-state index in [1.165, 1.54) is 11.3 Å². The summed E-state index contributed by atoms with van der Waals surface area (Å²) in [5.41, 5.74) is 11.5. The third kappa shape index (κ3) is 2.82. The lowest BCUT2D eigenvalue weighted by Gasteiger charge is -2.13. The highest BCUT2D eigenvalue weighted by atomic mass is 32.1. The number of rotatable bonds is 4. The molecule has 1 aliphatic rings. The lowest BCUT2D eigenvalue weighted by molar-refractivity contribution is -0.115. The van der Waals surface area contributed by atoms with Crippen LogP contribution in [0.15, 0.2) is 18.2 Å². The van der Waals surface area contributed by atoms with Gasteiger partial charge in [0.15, 0.2) is 0 Å². The fraction of sp³-hybridized carbons (Fsp3) is 0.278. The zero-order valence-electron chi connectivity index (χ0n) is 14.5. The third-order valence-corrected chi connectivity index (χ3v) is 5.85. The number of aliphatic hydroxyl groups is 1. The summed E-state index contributed by atoms with van der Waals surface area (Å²) < 4.78 is 0. The van der Waals surface area contributed by atoms with Crippen LogP contribution in [0.2, 0.25) is 0 Å². The SMILES string of the molecule is Cc1nnc2sc(C(O)NCc3ccc4c(c3)CC(=O)N4)c(N)c2c1C. The number of aliphatic hydroxyl groups excluding tert-OH is 1. The predicted molar refractivity (Wildman–Crippen MR) is 102 cm³/mol. The third-order valence-electron chi connectivity index (χ3n) is 4.71. The Morgan fingerprint density at radius 2 is 2.19 bits per heavy atom. The molecule has 3 aromatic rings. The fourth-order valence-electron chi connectivity index (χ4n) is 3.16. The summed E-state index contributed by atoms with van der Waals surface area (Å²) >= 11 is 1.34. The summed E-state index contributed by atoms with van der Waals surface area (Å²) in [6.07, 6.45) is -0.506. The van der Waals surface area contributed by atoms with E-state index in [0.717, 1.165) is 38.3 Å². The minimum absolute atomic E-state index is 0.00923. The van der Waals surface area contributed by atoms with E-state index in [-0.39, 0.29) is 5.91 Å². The summed E-state index contributed by atoms with van der Waals surface area (Å²) in [5.74, 6) is 0.00923. The van der Waals surface area contributed by atoms with Crippen LogP contribution in [0.5, 0.6) is 0 Å². The van der Waals surface area contributed by atoms with Gasteiger partial charge in [-0.2, -0.15) is 5.10 Å². The van der Waals surface area contributed by atoms with Gasteiger partial charge in [0, 0.05) is 17.6 Å². The molecule has 0 aliphatic carbocycles. The van der Waals surface area contributed by atoms with Crippen molar-refractivity contribution in [2.45, 2.75) is 33.0 Å². The molecule has 0 radical (unpaired) electrons. The predicted octanol–water partition coefficient (Wildman–Crippen LogP) is 2.17. The highest BCUT2D eigenvalue weighted by Gasteiger charge is 2.21. The number of aromatic nitrogens is 2. The number of nitrogens with two attached hydrogens (primary N) is 1. The number of thiophene rings is 1. The first-order chi connectivity index (χ1) is 12.4. The number of nitrogen functional groups attached to an aromatic ring is 1. The summed E-state index contributed by atoms with van der Waals surface area (Å²) in [6.45, 7) is 4.31. The molecule has 1 aliphatic heterocycles. The standard InChI is InChI=1S/C18H19N5O2S/c1-8-9(2)22-23-18-14(8)15(19)16(26-18)17(25)20-7-10-3-4-12-11(5-10)6-13(24)21-12/h3-5,17,20,25H,6-7,19H2,1-2H3,(H,21,24). The van der Waals surface area contributed by atoms with Crippen LogP contribution in [-0.4, -0.2) is 21.2 Å². The molecule has 7 nitrogen and oxygen atoms in total. The van der Waals surface area contributed by atoms with Gasteiger partial charge in [0.25, 0.3) is 0 Å². The van der Waals surface area contributed by atoms with Crippen LogP contribution in [0.1, 0.15) is 33.5 Å². The van der Waals surface area contributed by atoms with E-state index in [9.17, 15) is 9.90 Å². The van der Waals surface area contributed by atoms with E-state index in [0.29, 0.717) is 23.5 Å². The molecule has 1 atom stereocenters. The number of hydrogen-bond donors (Lipinski definition) is 4. The number of anilines is 2. The monoisotopic (exact) mass is 369 g/mol. The normalized spacial score (nSPS) is 14.5. The maximum atomic E-state index is 11.4. The minimum atomic E-state index is -0.901. The van der Waals surface area contributed by atoms with Gasteiger partial charge in [-0.25, -0.2) is 0 Å². The molecule has 0 bridgehead atoms. The van der Waals surface area contributed by atoms with Gasteiger partial charge in [-0.3, -0.25) is 10.1 Å². The minimum Gasteiger partial charge on any atom is -0.397 e. The van der Waals surface area contributed by atoms with Gasteiger partial charge in [0.05, 0.1) is 22.7 Å². The van der Waals surface area contributed by atoms with Crippen molar-refractivity contribution in [3.8, 4) is 0 Å². The van der Waals surface area contributed by atoms with Crippen LogP contribution in [-0.2, 0) is 17.8 Å². The fourth-order valence-corrected chi connectivity index (χ4v) is 4.22. The Labute approximate surface area is 154 Å². The molecule has 1 unspecified atom stereocenters. The molecule has 1 aromatic carbocycles. The Morgan fingerprint density at radius 3 is 3.00 bits per heavy atom. The van der Waals surface area contributed by atoms with Gasteiger partial charge < -0.3 is 16.2 Å². The zero-order valence-corrected chi connectivity index (χ0v) is 15.3. The highest BCUT2D eigenvalue weighted by Crippen LogP contribution is 2.37. The van der Waals surface area contributed by atoms with Crippen LogP contribution >= 0.6 is 11.3 Å². The molecule has 0 saturated heterocycles. The molecule has 4 rings (SSSR count). The topological polar surface area (TPSA) is 113 Å². The molecular weight excluding hydrogens is 350 g/mol. The summed E-state index contributed by atoms with van der Waals surface area (Å²) in [5, 5.41) is 25.6. The van der Waals surface area contributed by atoms with Crippen LogP contribution in [0.3, 0.4) is 0 Å². The lowest BCUT2D eigenvalue weighted by atomic mass is 10.1. The van der Waals surface area contributed by atoms with Gasteiger partial charge in [0.2, 0.25) is 5.91 Å². The van der Waals surface area contributed by atoms with Crippen LogP contribution in [0, 0.1) is 13.8 Å². The Morgan fingerprint density at radius 1 is 1.38 bits per heavy atom. The quantitative estimate of drug-likeness (QED) is 0.524. The van der Waals surface area contributed by atoms with E-state index in [4.69, 9.17) is 5.73 Å². The van der Waals surface area contributed by atoms with Crippen molar-refractivity contribution in [1.29, 1.82) is 0 Å². The van der Waals surface area contributed by atoms with Crippen LogP contribution in [0.25, 0.3) is 10.2 Å². The van der Waals surface area contributed by atoms with Crippen molar-refractivity contribution in [1.82, 2.24) is 15.5 Å². The van der Waals surface area contributed by atoms with Gasteiger partial charge in [-0.15, -0.1) is 16.4 Å². The second-order valence-corrected chi connectivity index (χ2v) is 7.50. The molecule has 8 heteroatoms. The molecule has 5 N–H and O–H groups in total. The van der Waals surface area contributed by atoms with Crippen molar-refractivity contribution >= 4 is 38.8 Å². The zero-order chi connectivity index (χ0) is 18.4. The van der Waals surface area contributed by atoms with Crippen LogP contribution in [0.4, 0.5) is 11.4 Å². The second kappa shape index (κ2) is 6.31. The Hall–Kier alpha value is -2.55. The molecular formula is C18H19N5O2S. The van der Waals surface area contributed by atoms with Crippen molar-refractivity contribution in [3.05, 3.63) is 45.5 Å². The smallest absolute Gasteiger partial charge is 0.228 e. The van der Waals surface area contributed by atoms with Gasteiger partial charge in [-0.1, -0.05) is 12.1 Å². The number of carbonyl (C=O) groups is 1. The average molecular weight is 369 g/mol. The number of hydrogen-bond acceptors (Lipinski definition) is 7. The Bertz CT molecular complexity index is 1030. The molecule has 0 spiro atoms. The van der Waals surface area contributed by atoms with Crippen molar-refractivity contribution < 1.29 is 9.90 Å². The molecule has 2 aromatic heterocycles. The number of fused-ring (bicyclic) bond motifs is 2. The van der Waals surface area contributed by atoms with Crippen molar-refractivity contribution in [2.24, 2.45) is 0 Å². The first-order valence-electron chi connectivity index (χ1n) is 8.29. The molecule has 26 heavy (non-hydrogen) atoms. The van der Waals surface area contributed by atoms with E-state index >= 15 is 0 Å². The number of nitrogens with zero attached hydrogens (tertiary/aromatic N) is 2. The summed E-state index contributed by atoms with van der Waals surface area (Å²) in [6, 6.07) is 5.79. The van der Waals surface area contributed by atoms with E-state index < -0.39 is 6.23 Å². The van der Waals surface area contributed by atoms with E-state index in [1.54, 1.807) is 0 Å². The van der Waals surface area contributed by atoms with Gasteiger partial charge in [-0.05, 0) is 36.6 Å². The molecule has 0 saturated carbocycles. The molecule has 3 heterocycles. The Balaban J connectivity index is 1.54. The number of aryl methyl sites for hydroxylation is 2. The lowest BCUT2D eigenvalue weighted by Crippen LogP contribution is -2.20. The molecule has 134 valence electrons. The average Bonchev–Trinajstić information content (AvgIpc) is 3.15. The van der Waals surface area contributed by atoms with Crippen molar-refractivity contribution in [2.75, 3.05) is 11.1 Å². The number of carbonyl (C=O) groups excluding carboxylic acids is 1. The maximum absolute atomic E-state index is 11.4. The van der Waals surface area contributed by atoms with Crippen molar-refractivity contribution in [3.63, 3.8) is 0 Å². The number of nitrogens with one attached hydrogen (secondary N) is 2.